The van der Waals surface area contributed by atoms with E-state index in [4.69, 9.17) is 10.8 Å². The summed E-state index contributed by atoms with van der Waals surface area (Å²) >= 11 is 1.77. The first-order valence-electron chi connectivity index (χ1n) is 6.44. The van der Waals surface area contributed by atoms with Crippen LogP contribution in [0.1, 0.15) is 33.6 Å². The molecule has 2 rings (SSSR count). The highest BCUT2D eigenvalue weighted by Crippen LogP contribution is 2.66. The molecule has 0 heterocycles. The second-order valence-corrected chi connectivity index (χ2v) is 7.57. The first kappa shape index (κ1) is 13.2. The monoisotopic (exact) mass is 257 g/mol. The molecule has 0 unspecified atom stereocenters. The summed E-state index contributed by atoms with van der Waals surface area (Å²) in [4.78, 5) is 10.7. The summed E-state index contributed by atoms with van der Waals surface area (Å²) in [5.74, 6) is 2.12. The first-order valence-corrected chi connectivity index (χ1v) is 7.49. The Morgan fingerprint density at radius 2 is 2.06 bits per heavy atom. The van der Waals surface area contributed by atoms with E-state index in [0.29, 0.717) is 22.3 Å². The molecule has 5 atom stereocenters. The number of rotatable bonds is 4. The molecular weight excluding hydrogens is 234 g/mol. The first-order chi connectivity index (χ1) is 7.84. The van der Waals surface area contributed by atoms with Gasteiger partial charge in [0, 0.05) is 11.0 Å². The third kappa shape index (κ3) is 2.48. The number of thioether (sulfide) groups is 1. The van der Waals surface area contributed by atoms with Crippen LogP contribution in [0.5, 0.6) is 0 Å². The molecular formula is C13H23NO2S. The molecule has 0 radical (unpaired) electrons. The number of hydrogen-bond donors (Lipinski definition) is 2. The molecule has 0 aromatic rings. The van der Waals surface area contributed by atoms with Crippen LogP contribution in [0.3, 0.4) is 0 Å². The van der Waals surface area contributed by atoms with E-state index in [2.05, 4.69) is 20.8 Å². The van der Waals surface area contributed by atoms with Crippen LogP contribution in [0.4, 0.5) is 0 Å². The van der Waals surface area contributed by atoms with Crippen LogP contribution in [0.25, 0.3) is 0 Å². The Morgan fingerprint density at radius 1 is 1.47 bits per heavy atom. The van der Waals surface area contributed by atoms with E-state index < -0.39 is 12.0 Å². The molecule has 3 nitrogen and oxygen atoms in total. The topological polar surface area (TPSA) is 63.3 Å². The average Bonchev–Trinajstić information content (AvgIpc) is 2.76. The zero-order valence-corrected chi connectivity index (χ0v) is 11.7. The fourth-order valence-electron chi connectivity index (χ4n) is 3.36. The van der Waals surface area contributed by atoms with Crippen LogP contribution in [0.2, 0.25) is 0 Å². The molecule has 4 heteroatoms. The molecule has 98 valence electrons. The molecule has 0 aliphatic heterocycles. The lowest BCUT2D eigenvalue weighted by Crippen LogP contribution is -2.34. The van der Waals surface area contributed by atoms with Crippen molar-refractivity contribution in [3.63, 3.8) is 0 Å². The van der Waals surface area contributed by atoms with E-state index in [0.717, 1.165) is 11.8 Å². The molecule has 0 bridgehead atoms. The summed E-state index contributed by atoms with van der Waals surface area (Å²) < 4.78 is 0. The molecule has 0 spiro atoms. The highest BCUT2D eigenvalue weighted by atomic mass is 32.2. The summed E-state index contributed by atoms with van der Waals surface area (Å²) in [5.41, 5.74) is 6.08. The fourth-order valence-corrected chi connectivity index (χ4v) is 4.74. The Morgan fingerprint density at radius 3 is 2.65 bits per heavy atom. The molecule has 0 aromatic carbocycles. The van der Waals surface area contributed by atoms with Gasteiger partial charge in [0.15, 0.2) is 0 Å². The van der Waals surface area contributed by atoms with Crippen molar-refractivity contribution in [3.8, 4) is 0 Å². The van der Waals surface area contributed by atoms with E-state index >= 15 is 0 Å². The highest BCUT2D eigenvalue weighted by Gasteiger charge is 2.60. The van der Waals surface area contributed by atoms with E-state index in [1.807, 2.05) is 0 Å². The minimum Gasteiger partial charge on any atom is -0.480 e. The Labute approximate surface area is 108 Å². The zero-order valence-electron chi connectivity index (χ0n) is 10.8. The third-order valence-corrected chi connectivity index (χ3v) is 6.48. The fraction of sp³-hybridized carbons (Fsp3) is 0.923. The van der Waals surface area contributed by atoms with Crippen LogP contribution in [0, 0.1) is 23.2 Å². The maximum absolute atomic E-state index is 10.7. The smallest absolute Gasteiger partial charge is 0.321 e. The quantitative estimate of drug-likeness (QED) is 0.810. The predicted octanol–water partition coefficient (Wildman–Crippen LogP) is 2.20. The van der Waals surface area contributed by atoms with Gasteiger partial charge in [-0.15, -0.1) is 0 Å². The lowest BCUT2D eigenvalue weighted by molar-refractivity contribution is -0.137. The minimum atomic E-state index is -0.884. The zero-order chi connectivity index (χ0) is 12.8. The summed E-state index contributed by atoms with van der Waals surface area (Å²) in [7, 11) is 0. The largest absolute Gasteiger partial charge is 0.480 e. The van der Waals surface area contributed by atoms with Gasteiger partial charge in [-0.2, -0.15) is 11.8 Å². The average molecular weight is 257 g/mol. The van der Waals surface area contributed by atoms with Gasteiger partial charge in [-0.3, -0.25) is 4.79 Å². The van der Waals surface area contributed by atoms with Gasteiger partial charge in [-0.05, 0) is 36.0 Å². The van der Waals surface area contributed by atoms with Crippen LogP contribution >= 0.6 is 11.8 Å². The lowest BCUT2D eigenvalue weighted by atomic mass is 9.90. The van der Waals surface area contributed by atoms with Gasteiger partial charge >= 0.3 is 5.97 Å². The standard InChI is InChI=1S/C13H23NO2S/c1-7-4-8-9(13(8,2)3)5-11(7)17-6-10(14)12(15)16/h7-11H,4-6,14H2,1-3H3,(H,15,16)/t7-,8+,9-,10+,11+/m1/s1. The van der Waals surface area contributed by atoms with Crippen molar-refractivity contribution >= 4 is 17.7 Å². The molecule has 0 amide bonds. The van der Waals surface area contributed by atoms with Gasteiger partial charge in [0.1, 0.15) is 6.04 Å². The minimum absolute atomic E-state index is 0.526. The van der Waals surface area contributed by atoms with Crippen molar-refractivity contribution in [2.24, 2.45) is 28.9 Å². The highest BCUT2D eigenvalue weighted by molar-refractivity contribution is 8.00. The van der Waals surface area contributed by atoms with Crippen molar-refractivity contribution in [2.45, 2.75) is 44.9 Å². The van der Waals surface area contributed by atoms with E-state index in [1.54, 1.807) is 11.8 Å². The number of fused-ring (bicyclic) bond motifs is 1. The molecule has 3 N–H and O–H groups in total. The number of carboxylic acid groups (broad SMARTS) is 1. The van der Waals surface area contributed by atoms with Crippen molar-refractivity contribution in [3.05, 3.63) is 0 Å². The number of carbonyl (C=O) groups is 1. The molecule has 2 aliphatic rings. The van der Waals surface area contributed by atoms with Gasteiger partial charge in [0.2, 0.25) is 0 Å². The Bertz CT molecular complexity index is 319. The van der Waals surface area contributed by atoms with Crippen molar-refractivity contribution in [1.29, 1.82) is 0 Å². The van der Waals surface area contributed by atoms with Crippen molar-refractivity contribution in [2.75, 3.05) is 5.75 Å². The second-order valence-electron chi connectivity index (χ2n) is 6.30. The summed E-state index contributed by atoms with van der Waals surface area (Å²) in [6.07, 6.45) is 2.55. The molecule has 2 aliphatic carbocycles. The summed E-state index contributed by atoms with van der Waals surface area (Å²) in [5, 5.41) is 9.38. The Balaban J connectivity index is 1.84. The van der Waals surface area contributed by atoms with E-state index in [9.17, 15) is 4.79 Å². The SMILES string of the molecule is C[C@@H]1C[C@H]2[C@@H](C[C@@H]1SC[C@H](N)C(=O)O)C2(C)C. The second kappa shape index (κ2) is 4.47. The molecule has 0 aromatic heterocycles. The predicted molar refractivity (Wildman–Crippen MR) is 71.0 cm³/mol. The van der Waals surface area contributed by atoms with Gasteiger partial charge in [-0.1, -0.05) is 20.8 Å². The van der Waals surface area contributed by atoms with Gasteiger partial charge in [0.05, 0.1) is 0 Å². The Hall–Kier alpha value is -0.220. The maximum atomic E-state index is 10.7. The van der Waals surface area contributed by atoms with Crippen LogP contribution in [0.15, 0.2) is 0 Å². The number of hydrogen-bond acceptors (Lipinski definition) is 3. The van der Waals surface area contributed by atoms with Crippen LogP contribution in [-0.2, 0) is 4.79 Å². The number of aliphatic carboxylic acids is 1. The Kier molecular flexibility index (Phi) is 3.47. The van der Waals surface area contributed by atoms with E-state index in [1.165, 1.54) is 12.8 Å². The van der Waals surface area contributed by atoms with Crippen LogP contribution in [-0.4, -0.2) is 28.1 Å². The molecule has 0 saturated heterocycles. The number of nitrogens with two attached hydrogens (primary N) is 1. The normalized spacial score (nSPS) is 40.5. The maximum Gasteiger partial charge on any atom is 0.321 e. The van der Waals surface area contributed by atoms with E-state index in [-0.39, 0.29) is 0 Å². The summed E-state index contributed by atoms with van der Waals surface area (Å²) in [6.45, 7) is 7.03. The van der Waals surface area contributed by atoms with Crippen molar-refractivity contribution < 1.29 is 9.90 Å². The molecule has 17 heavy (non-hydrogen) atoms. The third-order valence-electron chi connectivity index (χ3n) is 4.84. The molecule has 2 fully saturated rings. The summed E-state index contributed by atoms with van der Waals surface area (Å²) in [6, 6.07) is -0.711. The lowest BCUT2D eigenvalue weighted by Gasteiger charge is -2.28. The van der Waals surface area contributed by atoms with Gasteiger partial charge in [-0.25, -0.2) is 0 Å². The molecule has 2 saturated carbocycles. The van der Waals surface area contributed by atoms with Gasteiger partial charge in [0.25, 0.3) is 0 Å². The van der Waals surface area contributed by atoms with Gasteiger partial charge < -0.3 is 10.8 Å². The van der Waals surface area contributed by atoms with Crippen LogP contribution < -0.4 is 5.73 Å². The van der Waals surface area contributed by atoms with Crippen molar-refractivity contribution in [1.82, 2.24) is 0 Å². The number of carboxylic acids is 1.